The van der Waals surface area contributed by atoms with Crippen molar-refractivity contribution in [3.05, 3.63) is 88.6 Å². The average Bonchev–Trinajstić information content (AvgIpc) is 3.70. The molecule has 1 atom stereocenters. The van der Waals surface area contributed by atoms with Crippen molar-refractivity contribution >= 4 is 40.8 Å². The maximum absolute atomic E-state index is 13.4. The minimum atomic E-state index is -0.341. The molecule has 1 saturated heterocycles. The van der Waals surface area contributed by atoms with Crippen molar-refractivity contribution in [1.82, 2.24) is 29.7 Å². The van der Waals surface area contributed by atoms with E-state index in [1.807, 2.05) is 47.4 Å². The molecule has 0 spiro atoms. The van der Waals surface area contributed by atoms with Crippen molar-refractivity contribution in [1.29, 1.82) is 0 Å². The predicted molar refractivity (Wildman–Crippen MR) is 161 cm³/mol. The summed E-state index contributed by atoms with van der Waals surface area (Å²) in [6, 6.07) is 14.4. The molecule has 0 bridgehead atoms. The van der Waals surface area contributed by atoms with Gasteiger partial charge < -0.3 is 24.6 Å². The summed E-state index contributed by atoms with van der Waals surface area (Å²) in [6.07, 6.45) is 6.00. The molecule has 2 aliphatic rings. The number of anilines is 1. The topological polar surface area (TPSA) is 115 Å². The van der Waals surface area contributed by atoms with E-state index in [-0.39, 0.29) is 42.6 Å². The molecule has 2 aromatic heterocycles. The molecule has 11 nitrogen and oxygen atoms in total. The van der Waals surface area contributed by atoms with Crippen molar-refractivity contribution in [3.63, 3.8) is 0 Å². The number of amides is 2. The lowest BCUT2D eigenvalue weighted by molar-refractivity contribution is -0.132. The lowest BCUT2D eigenvalue weighted by Gasteiger charge is -2.42. The van der Waals surface area contributed by atoms with Gasteiger partial charge in [0.25, 0.3) is 0 Å². The van der Waals surface area contributed by atoms with Crippen LogP contribution in [-0.4, -0.2) is 75.2 Å². The number of piperazine rings is 1. The lowest BCUT2D eigenvalue weighted by atomic mass is 10.1. The van der Waals surface area contributed by atoms with Crippen LogP contribution < -0.4 is 19.7 Å². The number of rotatable bonds is 9. The summed E-state index contributed by atoms with van der Waals surface area (Å²) < 4.78 is 12.5. The van der Waals surface area contributed by atoms with Gasteiger partial charge in [-0.1, -0.05) is 41.4 Å². The van der Waals surface area contributed by atoms with Crippen LogP contribution in [0.2, 0.25) is 10.2 Å². The number of halogens is 2. The normalized spacial score (nSPS) is 15.9. The van der Waals surface area contributed by atoms with Gasteiger partial charge in [-0.15, -0.1) is 0 Å². The number of carbonyl (C=O) groups excluding carboxylic acids is 2. The smallest absolute Gasteiger partial charge is 0.238 e. The van der Waals surface area contributed by atoms with Gasteiger partial charge in [0.1, 0.15) is 17.3 Å². The van der Waals surface area contributed by atoms with Crippen LogP contribution in [0.3, 0.4) is 0 Å². The summed E-state index contributed by atoms with van der Waals surface area (Å²) in [5.74, 6) is 2.09. The molecular formula is C30H29Cl2N7O4. The molecule has 4 aromatic rings. The summed E-state index contributed by atoms with van der Waals surface area (Å²) in [5.41, 5.74) is 1.91. The first-order valence-electron chi connectivity index (χ1n) is 13.9. The first kappa shape index (κ1) is 28.8. The molecule has 1 N–H and O–H groups in total. The third-order valence-electron chi connectivity index (χ3n) is 7.40. The van der Waals surface area contributed by atoms with Gasteiger partial charge in [0.15, 0.2) is 11.5 Å². The van der Waals surface area contributed by atoms with E-state index in [9.17, 15) is 9.59 Å². The number of nitrogens with zero attached hydrogens (tertiary/aromatic N) is 6. The van der Waals surface area contributed by atoms with Crippen molar-refractivity contribution in [3.8, 4) is 17.4 Å². The van der Waals surface area contributed by atoms with E-state index >= 15 is 0 Å². The van der Waals surface area contributed by atoms with E-state index in [2.05, 4.69) is 15.3 Å². The first-order chi connectivity index (χ1) is 20.9. The molecule has 2 aliphatic heterocycles. The van der Waals surface area contributed by atoms with Crippen molar-refractivity contribution in [2.75, 3.05) is 37.9 Å². The van der Waals surface area contributed by atoms with E-state index in [1.54, 1.807) is 34.3 Å². The molecule has 1 fully saturated rings. The number of hydrogen-bond acceptors (Lipinski definition) is 8. The van der Waals surface area contributed by atoms with Gasteiger partial charge in [-0.2, -0.15) is 4.98 Å². The Morgan fingerprint density at radius 1 is 0.977 bits per heavy atom. The standard InChI is InChI=1S/C30H29Cl2N7O4/c31-22-4-1-20(2-5-22)7-8-34-28(40)15-23-17-37(29(41)14-21-3-6-24-25(13-21)43-19-42-24)11-12-39(23)27-16-26(32)35-30(36-27)38-10-9-33-18-38/h1-6,9-10,13,16,18,23H,7-8,11-12,14-15,17,19H2,(H,34,40). The minimum Gasteiger partial charge on any atom is -0.454 e. The Morgan fingerprint density at radius 3 is 2.60 bits per heavy atom. The van der Waals surface area contributed by atoms with E-state index in [1.165, 1.54) is 0 Å². The van der Waals surface area contributed by atoms with Crippen LogP contribution in [0, 0.1) is 0 Å². The highest BCUT2D eigenvalue weighted by Crippen LogP contribution is 2.33. The minimum absolute atomic E-state index is 0.0357. The molecule has 0 saturated carbocycles. The van der Waals surface area contributed by atoms with E-state index in [0.29, 0.717) is 60.9 Å². The van der Waals surface area contributed by atoms with Crippen LogP contribution in [-0.2, 0) is 22.4 Å². The van der Waals surface area contributed by atoms with Gasteiger partial charge in [0.05, 0.1) is 12.5 Å². The summed E-state index contributed by atoms with van der Waals surface area (Å²) in [4.78, 5) is 43.5. The summed E-state index contributed by atoms with van der Waals surface area (Å²) in [7, 11) is 0. The van der Waals surface area contributed by atoms with Gasteiger partial charge in [-0.25, -0.2) is 9.97 Å². The molecule has 2 amide bonds. The Hall–Kier alpha value is -4.35. The van der Waals surface area contributed by atoms with Crippen molar-refractivity contribution < 1.29 is 19.1 Å². The number of ether oxygens (including phenoxy) is 2. The molecule has 4 heterocycles. The summed E-state index contributed by atoms with van der Waals surface area (Å²) in [6.45, 7) is 1.92. The number of hydrogen-bond donors (Lipinski definition) is 1. The second-order valence-electron chi connectivity index (χ2n) is 10.3. The molecule has 13 heteroatoms. The molecule has 0 radical (unpaired) electrons. The quantitative estimate of drug-likeness (QED) is 0.281. The fraction of sp³-hybridized carbons (Fsp3) is 0.300. The molecule has 43 heavy (non-hydrogen) atoms. The average molecular weight is 623 g/mol. The monoisotopic (exact) mass is 621 g/mol. The third-order valence-corrected chi connectivity index (χ3v) is 7.84. The number of benzene rings is 2. The maximum atomic E-state index is 13.4. The Bertz CT molecular complexity index is 1600. The third kappa shape index (κ3) is 7.00. The highest BCUT2D eigenvalue weighted by atomic mass is 35.5. The van der Waals surface area contributed by atoms with Gasteiger partial charge >= 0.3 is 0 Å². The lowest BCUT2D eigenvalue weighted by Crippen LogP contribution is -2.56. The van der Waals surface area contributed by atoms with Crippen molar-refractivity contribution in [2.45, 2.75) is 25.3 Å². The first-order valence-corrected chi connectivity index (χ1v) is 14.6. The second kappa shape index (κ2) is 12.9. The highest BCUT2D eigenvalue weighted by molar-refractivity contribution is 6.30. The van der Waals surface area contributed by atoms with Gasteiger partial charge in [-0.05, 0) is 41.8 Å². The zero-order valence-electron chi connectivity index (χ0n) is 23.2. The van der Waals surface area contributed by atoms with E-state index in [4.69, 9.17) is 37.7 Å². The molecule has 2 aromatic carbocycles. The largest absolute Gasteiger partial charge is 0.454 e. The molecular weight excluding hydrogens is 593 g/mol. The van der Waals surface area contributed by atoms with Crippen LogP contribution in [0.25, 0.3) is 5.95 Å². The molecule has 0 aliphatic carbocycles. The van der Waals surface area contributed by atoms with Crippen molar-refractivity contribution in [2.24, 2.45) is 0 Å². The van der Waals surface area contributed by atoms with Gasteiger partial charge in [-0.3, -0.25) is 14.2 Å². The van der Waals surface area contributed by atoms with Gasteiger partial charge in [0, 0.05) is 56.1 Å². The van der Waals surface area contributed by atoms with Gasteiger partial charge in [0.2, 0.25) is 24.6 Å². The second-order valence-corrected chi connectivity index (χ2v) is 11.1. The summed E-state index contributed by atoms with van der Waals surface area (Å²) >= 11 is 12.4. The zero-order valence-corrected chi connectivity index (χ0v) is 24.7. The van der Waals surface area contributed by atoms with E-state index in [0.717, 1.165) is 11.1 Å². The highest BCUT2D eigenvalue weighted by Gasteiger charge is 2.32. The number of fused-ring (bicyclic) bond motifs is 1. The fourth-order valence-electron chi connectivity index (χ4n) is 5.21. The molecule has 222 valence electrons. The Kier molecular flexibility index (Phi) is 8.62. The molecule has 1 unspecified atom stereocenters. The Morgan fingerprint density at radius 2 is 1.79 bits per heavy atom. The predicted octanol–water partition coefficient (Wildman–Crippen LogP) is 3.71. The number of carbonyl (C=O) groups is 2. The van der Waals surface area contributed by atoms with Crippen LogP contribution in [0.4, 0.5) is 5.82 Å². The fourth-order valence-corrected chi connectivity index (χ4v) is 5.51. The van der Waals surface area contributed by atoms with E-state index < -0.39 is 0 Å². The zero-order chi connectivity index (χ0) is 29.8. The number of nitrogens with one attached hydrogen (secondary N) is 1. The number of aromatic nitrogens is 4. The van der Waals surface area contributed by atoms with Crippen LogP contribution in [0.5, 0.6) is 11.5 Å². The number of imidazole rings is 1. The van der Waals surface area contributed by atoms with Crippen LogP contribution in [0.15, 0.2) is 67.3 Å². The Balaban J connectivity index is 1.17. The Labute approximate surface area is 258 Å². The molecule has 6 rings (SSSR count). The summed E-state index contributed by atoms with van der Waals surface area (Å²) in [5, 5.41) is 3.95. The maximum Gasteiger partial charge on any atom is 0.238 e. The van der Waals surface area contributed by atoms with Crippen LogP contribution >= 0.6 is 23.2 Å². The van der Waals surface area contributed by atoms with Crippen LogP contribution in [0.1, 0.15) is 17.5 Å². The SMILES string of the molecule is O=C(CC1CN(C(=O)Cc2ccc3c(c2)OCO3)CCN1c1cc(Cl)nc(-n2ccnc2)n1)NCCc1ccc(Cl)cc1.